The third-order valence-electron chi connectivity index (χ3n) is 3.14. The van der Waals surface area contributed by atoms with Crippen LogP contribution in [-0.4, -0.2) is 14.9 Å². The van der Waals surface area contributed by atoms with Crippen LogP contribution in [0.1, 0.15) is 11.3 Å². The molecule has 0 aliphatic rings. The van der Waals surface area contributed by atoms with E-state index < -0.39 is 0 Å². The molecule has 2 heterocycles. The number of hydrogen-bond donors (Lipinski definition) is 2. The first kappa shape index (κ1) is 15.6. The minimum Gasteiger partial charge on any atom is -0.467 e. The maximum atomic E-state index is 6.20. The number of benzene rings is 1. The lowest BCUT2D eigenvalue weighted by Crippen LogP contribution is -2.28. The maximum Gasteiger partial charge on any atom is 0.173 e. The lowest BCUT2D eigenvalue weighted by atomic mass is 10.2. The molecule has 0 amide bonds. The number of furan rings is 1. The highest BCUT2D eigenvalue weighted by Crippen LogP contribution is 2.20. The van der Waals surface area contributed by atoms with Crippen LogP contribution in [0.3, 0.4) is 0 Å². The third kappa shape index (κ3) is 4.34. The average molecular weight is 347 g/mol. The molecule has 0 saturated heterocycles. The molecule has 7 heteroatoms. The fourth-order valence-corrected chi connectivity index (χ4v) is 2.43. The highest BCUT2D eigenvalue weighted by molar-refractivity contribution is 7.80. The molecule has 0 fully saturated rings. The number of nitrogens with one attached hydrogen (secondary N) is 2. The highest BCUT2D eigenvalue weighted by atomic mass is 35.5. The first-order valence-electron chi connectivity index (χ1n) is 7.05. The predicted octanol–water partition coefficient (Wildman–Crippen LogP) is 3.66. The van der Waals surface area contributed by atoms with Gasteiger partial charge in [-0.25, -0.2) is 0 Å². The van der Waals surface area contributed by atoms with E-state index in [0.717, 1.165) is 11.3 Å². The van der Waals surface area contributed by atoms with Crippen LogP contribution in [0.25, 0.3) is 0 Å². The largest absolute Gasteiger partial charge is 0.467 e. The Morgan fingerprint density at radius 2 is 2.04 bits per heavy atom. The molecule has 118 valence electrons. The number of anilines is 1. The Labute approximate surface area is 144 Å². The smallest absolute Gasteiger partial charge is 0.173 e. The van der Waals surface area contributed by atoms with Gasteiger partial charge in [0.2, 0.25) is 0 Å². The van der Waals surface area contributed by atoms with Gasteiger partial charge in [-0.2, -0.15) is 5.10 Å². The topological polar surface area (TPSA) is 55.0 Å². The quantitative estimate of drug-likeness (QED) is 0.690. The van der Waals surface area contributed by atoms with Gasteiger partial charge in [0.15, 0.2) is 10.9 Å². The Hall–Kier alpha value is -2.31. The second-order valence-corrected chi connectivity index (χ2v) is 5.71. The minimum atomic E-state index is 0.438. The third-order valence-corrected chi connectivity index (χ3v) is 3.66. The number of halogens is 1. The fraction of sp³-hybridized carbons (Fsp3) is 0.125. The Morgan fingerprint density at radius 1 is 1.22 bits per heavy atom. The van der Waals surface area contributed by atoms with Crippen molar-refractivity contribution < 1.29 is 4.42 Å². The average Bonchev–Trinajstić information content (AvgIpc) is 3.17. The van der Waals surface area contributed by atoms with Crippen LogP contribution in [0.2, 0.25) is 5.02 Å². The molecule has 0 atom stereocenters. The molecular weight excluding hydrogens is 332 g/mol. The van der Waals surface area contributed by atoms with Gasteiger partial charge in [0.25, 0.3) is 0 Å². The first-order chi connectivity index (χ1) is 11.2. The minimum absolute atomic E-state index is 0.438. The lowest BCUT2D eigenvalue weighted by molar-refractivity contribution is 0.503. The van der Waals surface area contributed by atoms with E-state index in [9.17, 15) is 0 Å². The normalized spacial score (nSPS) is 10.5. The molecule has 0 bridgehead atoms. The van der Waals surface area contributed by atoms with E-state index in [0.29, 0.717) is 29.0 Å². The summed E-state index contributed by atoms with van der Waals surface area (Å²) in [6.07, 6.45) is 3.39. The van der Waals surface area contributed by atoms with Crippen LogP contribution in [0.15, 0.2) is 59.3 Å². The van der Waals surface area contributed by atoms with Crippen LogP contribution < -0.4 is 10.6 Å². The molecule has 2 aromatic heterocycles. The van der Waals surface area contributed by atoms with Crippen molar-refractivity contribution in [2.75, 3.05) is 5.32 Å². The molecule has 3 aromatic rings. The maximum absolute atomic E-state index is 6.20. The molecule has 1 aromatic carbocycles. The van der Waals surface area contributed by atoms with Crippen molar-refractivity contribution in [1.82, 2.24) is 15.1 Å². The van der Waals surface area contributed by atoms with Gasteiger partial charge in [-0.05, 0) is 29.9 Å². The standard InChI is InChI=1S/C16H15ClN4OS/c17-14-11-21(10-12-5-2-1-3-6-12)20-15(14)19-16(23)18-9-13-7-4-8-22-13/h1-8,11H,9-10H2,(H2,18,19,20,23). The molecule has 0 aliphatic heterocycles. The summed E-state index contributed by atoms with van der Waals surface area (Å²) in [4.78, 5) is 0. The number of thiocarbonyl (C=S) groups is 1. The van der Waals surface area contributed by atoms with Gasteiger partial charge in [-0.3, -0.25) is 4.68 Å². The molecule has 0 unspecified atom stereocenters. The van der Waals surface area contributed by atoms with Crippen molar-refractivity contribution in [1.29, 1.82) is 0 Å². The van der Waals surface area contributed by atoms with Crippen molar-refractivity contribution in [2.45, 2.75) is 13.1 Å². The summed E-state index contributed by atoms with van der Waals surface area (Å²) in [6, 6.07) is 13.7. The highest BCUT2D eigenvalue weighted by Gasteiger charge is 2.09. The van der Waals surface area contributed by atoms with Gasteiger partial charge in [0.1, 0.15) is 10.8 Å². The molecular formula is C16H15ClN4OS. The molecule has 2 N–H and O–H groups in total. The molecule has 5 nitrogen and oxygen atoms in total. The van der Waals surface area contributed by atoms with Crippen LogP contribution in [0.5, 0.6) is 0 Å². The first-order valence-corrected chi connectivity index (χ1v) is 7.83. The van der Waals surface area contributed by atoms with Gasteiger partial charge in [-0.15, -0.1) is 0 Å². The van der Waals surface area contributed by atoms with Crippen molar-refractivity contribution in [3.8, 4) is 0 Å². The second kappa shape index (κ2) is 7.30. The molecule has 3 rings (SSSR count). The van der Waals surface area contributed by atoms with Gasteiger partial charge < -0.3 is 15.1 Å². The Bertz CT molecular complexity index is 771. The summed E-state index contributed by atoms with van der Waals surface area (Å²) in [6.45, 7) is 1.15. The van der Waals surface area contributed by atoms with E-state index in [1.54, 1.807) is 17.1 Å². The summed E-state index contributed by atoms with van der Waals surface area (Å²) >= 11 is 11.4. The summed E-state index contributed by atoms with van der Waals surface area (Å²) in [5.74, 6) is 1.33. The Balaban J connectivity index is 1.58. The lowest BCUT2D eigenvalue weighted by Gasteiger charge is -2.07. The second-order valence-electron chi connectivity index (χ2n) is 4.90. The number of aromatic nitrogens is 2. The zero-order valence-electron chi connectivity index (χ0n) is 12.2. The number of rotatable bonds is 5. The Kier molecular flexibility index (Phi) is 4.95. The summed E-state index contributed by atoms with van der Waals surface area (Å²) in [7, 11) is 0. The monoisotopic (exact) mass is 346 g/mol. The summed E-state index contributed by atoms with van der Waals surface area (Å²) in [5, 5.41) is 11.4. The molecule has 0 spiro atoms. The SMILES string of the molecule is S=C(NCc1ccco1)Nc1nn(Cc2ccccc2)cc1Cl. The van der Waals surface area contributed by atoms with Crippen molar-refractivity contribution in [3.63, 3.8) is 0 Å². The summed E-state index contributed by atoms with van der Waals surface area (Å²) < 4.78 is 7.01. The van der Waals surface area contributed by atoms with E-state index in [1.165, 1.54) is 0 Å². The van der Waals surface area contributed by atoms with Gasteiger partial charge in [0, 0.05) is 6.20 Å². The van der Waals surface area contributed by atoms with Crippen LogP contribution in [0.4, 0.5) is 5.82 Å². The van der Waals surface area contributed by atoms with Crippen molar-refractivity contribution in [3.05, 3.63) is 71.3 Å². The van der Waals surface area contributed by atoms with Crippen molar-refractivity contribution in [2.24, 2.45) is 0 Å². The zero-order chi connectivity index (χ0) is 16.1. The van der Waals surface area contributed by atoms with E-state index in [-0.39, 0.29) is 0 Å². The van der Waals surface area contributed by atoms with Gasteiger partial charge >= 0.3 is 0 Å². The fourth-order valence-electron chi connectivity index (χ4n) is 2.07. The van der Waals surface area contributed by atoms with E-state index in [1.807, 2.05) is 42.5 Å². The van der Waals surface area contributed by atoms with Gasteiger partial charge in [0.05, 0.1) is 19.4 Å². The van der Waals surface area contributed by atoms with E-state index in [2.05, 4.69) is 15.7 Å². The van der Waals surface area contributed by atoms with E-state index in [4.69, 9.17) is 28.2 Å². The molecule has 0 radical (unpaired) electrons. The number of nitrogens with zero attached hydrogens (tertiary/aromatic N) is 2. The van der Waals surface area contributed by atoms with Crippen molar-refractivity contribution >= 4 is 34.7 Å². The van der Waals surface area contributed by atoms with Crippen LogP contribution >= 0.6 is 23.8 Å². The van der Waals surface area contributed by atoms with Crippen LogP contribution in [-0.2, 0) is 13.1 Å². The van der Waals surface area contributed by atoms with Crippen LogP contribution in [0, 0.1) is 0 Å². The van der Waals surface area contributed by atoms with E-state index >= 15 is 0 Å². The predicted molar refractivity (Wildman–Crippen MR) is 94.5 cm³/mol. The Morgan fingerprint density at radius 3 is 2.78 bits per heavy atom. The zero-order valence-corrected chi connectivity index (χ0v) is 13.8. The molecule has 0 saturated carbocycles. The summed E-state index contributed by atoms with van der Waals surface area (Å²) in [5.41, 5.74) is 1.15. The van der Waals surface area contributed by atoms with Gasteiger partial charge in [-0.1, -0.05) is 41.9 Å². The molecule has 23 heavy (non-hydrogen) atoms. The number of hydrogen-bond acceptors (Lipinski definition) is 3. The molecule has 0 aliphatic carbocycles.